The maximum absolute atomic E-state index is 9.01. The molecule has 0 aliphatic heterocycles. The van der Waals surface area contributed by atoms with Crippen molar-refractivity contribution in [1.82, 2.24) is 0 Å². The standard InChI is InChI=1S/C10H15NO/c1-8-9(7-12)5-4-6-10(8)11(2)3/h4-6,12H,7H2,1-3H3. The fraction of sp³-hybridized carbons (Fsp3) is 0.400. The van der Waals surface area contributed by atoms with Gasteiger partial charge in [0.25, 0.3) is 0 Å². The Morgan fingerprint density at radius 2 is 2.00 bits per heavy atom. The van der Waals surface area contributed by atoms with Crippen LogP contribution in [0.3, 0.4) is 0 Å². The van der Waals surface area contributed by atoms with E-state index in [-0.39, 0.29) is 6.61 Å². The summed E-state index contributed by atoms with van der Waals surface area (Å²) in [6.45, 7) is 2.15. The summed E-state index contributed by atoms with van der Waals surface area (Å²) in [5.74, 6) is 0. The lowest BCUT2D eigenvalue weighted by Gasteiger charge is -2.17. The van der Waals surface area contributed by atoms with Gasteiger partial charge in [-0.3, -0.25) is 0 Å². The highest BCUT2D eigenvalue weighted by molar-refractivity contribution is 5.54. The third-order valence-corrected chi connectivity index (χ3v) is 2.07. The predicted octanol–water partition coefficient (Wildman–Crippen LogP) is 1.55. The van der Waals surface area contributed by atoms with Crippen LogP contribution in [0.5, 0.6) is 0 Å². The van der Waals surface area contributed by atoms with Crippen LogP contribution in [0.15, 0.2) is 18.2 Å². The minimum atomic E-state index is 0.119. The summed E-state index contributed by atoms with van der Waals surface area (Å²) in [5.41, 5.74) is 3.33. The van der Waals surface area contributed by atoms with Crippen LogP contribution in [0.2, 0.25) is 0 Å². The van der Waals surface area contributed by atoms with Crippen molar-refractivity contribution in [3.63, 3.8) is 0 Å². The van der Waals surface area contributed by atoms with Crippen LogP contribution in [-0.4, -0.2) is 19.2 Å². The molecule has 0 aliphatic rings. The zero-order valence-electron chi connectivity index (χ0n) is 7.83. The van der Waals surface area contributed by atoms with E-state index in [9.17, 15) is 0 Å². The third kappa shape index (κ3) is 1.59. The Morgan fingerprint density at radius 3 is 2.50 bits per heavy atom. The second-order valence-corrected chi connectivity index (χ2v) is 3.11. The minimum absolute atomic E-state index is 0.119. The first kappa shape index (κ1) is 9.07. The largest absolute Gasteiger partial charge is 0.392 e. The van der Waals surface area contributed by atoms with Gasteiger partial charge in [0.15, 0.2) is 0 Å². The van der Waals surface area contributed by atoms with E-state index >= 15 is 0 Å². The highest BCUT2D eigenvalue weighted by atomic mass is 16.3. The van der Waals surface area contributed by atoms with Crippen molar-refractivity contribution < 1.29 is 5.11 Å². The van der Waals surface area contributed by atoms with Gasteiger partial charge >= 0.3 is 0 Å². The number of hydrogen-bond donors (Lipinski definition) is 1. The fourth-order valence-electron chi connectivity index (χ4n) is 1.33. The molecule has 1 rings (SSSR count). The quantitative estimate of drug-likeness (QED) is 0.718. The predicted molar refractivity (Wildman–Crippen MR) is 51.4 cm³/mol. The Bertz CT molecular complexity index is 269. The molecule has 0 heterocycles. The number of rotatable bonds is 2. The number of benzene rings is 1. The summed E-state index contributed by atoms with van der Waals surface area (Å²) < 4.78 is 0. The molecule has 0 atom stereocenters. The number of hydrogen-bond acceptors (Lipinski definition) is 2. The van der Waals surface area contributed by atoms with Crippen molar-refractivity contribution in [2.45, 2.75) is 13.5 Å². The number of aliphatic hydroxyl groups excluding tert-OH is 1. The summed E-state index contributed by atoms with van der Waals surface area (Å²) in [7, 11) is 4.01. The maximum Gasteiger partial charge on any atom is 0.0685 e. The average Bonchev–Trinajstić information content (AvgIpc) is 2.04. The van der Waals surface area contributed by atoms with Gasteiger partial charge in [-0.05, 0) is 24.1 Å². The summed E-state index contributed by atoms with van der Waals surface area (Å²) in [5, 5.41) is 9.01. The summed E-state index contributed by atoms with van der Waals surface area (Å²) >= 11 is 0. The molecular weight excluding hydrogens is 150 g/mol. The summed E-state index contributed by atoms with van der Waals surface area (Å²) in [6, 6.07) is 5.96. The molecule has 66 valence electrons. The topological polar surface area (TPSA) is 23.5 Å². The molecule has 0 fully saturated rings. The van der Waals surface area contributed by atoms with Crippen LogP contribution < -0.4 is 4.90 Å². The lowest BCUT2D eigenvalue weighted by Crippen LogP contribution is -2.11. The van der Waals surface area contributed by atoms with Crippen LogP contribution in [0.4, 0.5) is 5.69 Å². The Labute approximate surface area is 73.4 Å². The van der Waals surface area contributed by atoms with E-state index in [4.69, 9.17) is 5.11 Å². The highest BCUT2D eigenvalue weighted by Crippen LogP contribution is 2.20. The molecule has 0 spiro atoms. The van der Waals surface area contributed by atoms with Crippen molar-refractivity contribution in [3.05, 3.63) is 29.3 Å². The summed E-state index contributed by atoms with van der Waals surface area (Å²) in [4.78, 5) is 2.05. The first-order chi connectivity index (χ1) is 5.66. The van der Waals surface area contributed by atoms with Crippen molar-refractivity contribution in [1.29, 1.82) is 0 Å². The van der Waals surface area contributed by atoms with Crippen LogP contribution in [-0.2, 0) is 6.61 Å². The maximum atomic E-state index is 9.01. The summed E-state index contributed by atoms with van der Waals surface area (Å²) in [6.07, 6.45) is 0. The Balaban J connectivity index is 3.14. The Morgan fingerprint density at radius 1 is 1.33 bits per heavy atom. The molecule has 0 radical (unpaired) electrons. The first-order valence-corrected chi connectivity index (χ1v) is 4.03. The molecule has 1 aromatic rings. The van der Waals surface area contributed by atoms with Crippen LogP contribution in [0, 0.1) is 6.92 Å². The van der Waals surface area contributed by atoms with Gasteiger partial charge in [-0.15, -0.1) is 0 Å². The molecule has 1 N–H and O–H groups in total. The molecule has 0 aromatic heterocycles. The lowest BCUT2D eigenvalue weighted by atomic mass is 10.1. The van der Waals surface area contributed by atoms with E-state index < -0.39 is 0 Å². The SMILES string of the molecule is Cc1c(CO)cccc1N(C)C. The van der Waals surface area contributed by atoms with Gasteiger partial charge in [-0.1, -0.05) is 12.1 Å². The van der Waals surface area contributed by atoms with Crippen molar-refractivity contribution >= 4 is 5.69 Å². The van der Waals surface area contributed by atoms with Gasteiger partial charge in [0.05, 0.1) is 6.61 Å². The molecule has 0 bridgehead atoms. The zero-order chi connectivity index (χ0) is 9.14. The van der Waals surface area contributed by atoms with Gasteiger partial charge in [-0.25, -0.2) is 0 Å². The lowest BCUT2D eigenvalue weighted by molar-refractivity contribution is 0.281. The molecule has 0 saturated carbocycles. The van der Waals surface area contributed by atoms with Crippen molar-refractivity contribution in [3.8, 4) is 0 Å². The highest BCUT2D eigenvalue weighted by Gasteiger charge is 2.03. The van der Waals surface area contributed by atoms with Crippen LogP contribution >= 0.6 is 0 Å². The monoisotopic (exact) mass is 165 g/mol. The zero-order valence-corrected chi connectivity index (χ0v) is 7.83. The third-order valence-electron chi connectivity index (χ3n) is 2.07. The van der Waals surface area contributed by atoms with Gasteiger partial charge in [0.1, 0.15) is 0 Å². The van der Waals surface area contributed by atoms with E-state index in [0.717, 1.165) is 11.1 Å². The molecular formula is C10H15NO. The van der Waals surface area contributed by atoms with E-state index in [2.05, 4.69) is 11.0 Å². The van der Waals surface area contributed by atoms with Gasteiger partial charge in [0, 0.05) is 19.8 Å². The normalized spacial score (nSPS) is 10.0. The van der Waals surface area contributed by atoms with E-state index in [1.807, 2.05) is 33.2 Å². The van der Waals surface area contributed by atoms with E-state index in [0.29, 0.717) is 0 Å². The smallest absolute Gasteiger partial charge is 0.0685 e. The molecule has 2 heteroatoms. The van der Waals surface area contributed by atoms with Crippen molar-refractivity contribution in [2.75, 3.05) is 19.0 Å². The number of aliphatic hydroxyl groups is 1. The number of anilines is 1. The average molecular weight is 165 g/mol. The number of nitrogens with zero attached hydrogens (tertiary/aromatic N) is 1. The Hall–Kier alpha value is -1.02. The second-order valence-electron chi connectivity index (χ2n) is 3.11. The van der Waals surface area contributed by atoms with Gasteiger partial charge < -0.3 is 10.0 Å². The molecule has 0 saturated heterocycles. The first-order valence-electron chi connectivity index (χ1n) is 4.03. The van der Waals surface area contributed by atoms with Gasteiger partial charge in [0.2, 0.25) is 0 Å². The molecule has 0 unspecified atom stereocenters. The van der Waals surface area contributed by atoms with E-state index in [1.54, 1.807) is 0 Å². The van der Waals surface area contributed by atoms with Crippen LogP contribution in [0.1, 0.15) is 11.1 Å². The van der Waals surface area contributed by atoms with Crippen molar-refractivity contribution in [2.24, 2.45) is 0 Å². The molecule has 12 heavy (non-hydrogen) atoms. The molecule has 0 aliphatic carbocycles. The molecule has 1 aromatic carbocycles. The fourth-order valence-corrected chi connectivity index (χ4v) is 1.33. The molecule has 0 amide bonds. The van der Waals surface area contributed by atoms with Gasteiger partial charge in [-0.2, -0.15) is 0 Å². The molecule has 2 nitrogen and oxygen atoms in total. The second kappa shape index (κ2) is 3.59. The van der Waals surface area contributed by atoms with Crippen LogP contribution in [0.25, 0.3) is 0 Å². The minimum Gasteiger partial charge on any atom is -0.392 e. The van der Waals surface area contributed by atoms with E-state index in [1.165, 1.54) is 5.69 Å². The Kier molecular flexibility index (Phi) is 2.71.